The van der Waals surface area contributed by atoms with Gasteiger partial charge < -0.3 is 5.32 Å². The van der Waals surface area contributed by atoms with Crippen molar-refractivity contribution in [3.8, 4) is 0 Å². The van der Waals surface area contributed by atoms with E-state index in [1.807, 2.05) is 6.92 Å². The summed E-state index contributed by atoms with van der Waals surface area (Å²) in [6, 6.07) is 0.652. The molecule has 1 aliphatic rings. The minimum Gasteiger partial charge on any atom is -0.308 e. The summed E-state index contributed by atoms with van der Waals surface area (Å²) >= 11 is 0. The lowest BCUT2D eigenvalue weighted by molar-refractivity contribution is 0.279. The second kappa shape index (κ2) is 5.43. The minimum atomic E-state index is 0.652. The van der Waals surface area contributed by atoms with E-state index in [0.717, 1.165) is 23.9 Å². The van der Waals surface area contributed by atoms with Crippen molar-refractivity contribution >= 4 is 0 Å². The summed E-state index contributed by atoms with van der Waals surface area (Å²) in [5.41, 5.74) is 1.84. The Kier molecular flexibility index (Phi) is 3.93. The highest BCUT2D eigenvalue weighted by Gasteiger charge is 2.19. The number of nitrogens with one attached hydrogen (secondary N) is 1. The molecule has 0 aliphatic heterocycles. The van der Waals surface area contributed by atoms with Crippen LogP contribution in [0.3, 0.4) is 0 Å². The Bertz CT molecular complexity index is 316. The zero-order valence-electron chi connectivity index (χ0n) is 10.2. The van der Waals surface area contributed by atoms with Crippen LogP contribution < -0.4 is 5.32 Å². The van der Waals surface area contributed by atoms with Gasteiger partial charge in [0.25, 0.3) is 0 Å². The third-order valence-corrected chi connectivity index (χ3v) is 3.73. The zero-order chi connectivity index (χ0) is 11.4. The molecule has 90 valence electrons. The maximum atomic E-state index is 4.68. The predicted molar refractivity (Wildman–Crippen MR) is 61.9 cm³/mol. The van der Waals surface area contributed by atoms with E-state index in [1.54, 1.807) is 0 Å². The molecule has 0 unspecified atom stereocenters. The van der Waals surface area contributed by atoms with Crippen LogP contribution in [0.1, 0.15) is 50.4 Å². The maximum Gasteiger partial charge on any atom is 0.121 e. The van der Waals surface area contributed by atoms with E-state index in [4.69, 9.17) is 0 Å². The van der Waals surface area contributed by atoms with Crippen LogP contribution >= 0.6 is 0 Å². The number of hydrogen-bond acceptors (Lipinski definition) is 4. The van der Waals surface area contributed by atoms with Crippen molar-refractivity contribution in [2.75, 3.05) is 0 Å². The van der Waals surface area contributed by atoms with Crippen molar-refractivity contribution in [1.82, 2.24) is 15.6 Å². The van der Waals surface area contributed by atoms with Gasteiger partial charge in [0.2, 0.25) is 0 Å². The van der Waals surface area contributed by atoms with Gasteiger partial charge in [-0.15, -0.1) is 0 Å². The summed E-state index contributed by atoms with van der Waals surface area (Å²) in [5, 5.41) is 11.2. The average molecular weight is 223 g/mol. The van der Waals surface area contributed by atoms with Crippen molar-refractivity contribution in [3.63, 3.8) is 0 Å². The topological polar surface area (TPSA) is 51.0 Å². The summed E-state index contributed by atoms with van der Waals surface area (Å²) in [7, 11) is 0. The fourth-order valence-electron chi connectivity index (χ4n) is 2.43. The third-order valence-electron chi connectivity index (χ3n) is 3.73. The maximum absolute atomic E-state index is 4.68. The normalized spacial score (nSPS) is 25.9. The molecule has 16 heavy (non-hydrogen) atoms. The fourth-order valence-corrected chi connectivity index (χ4v) is 2.43. The second-order valence-electron chi connectivity index (χ2n) is 4.80. The van der Waals surface area contributed by atoms with E-state index in [2.05, 4.69) is 27.2 Å². The molecule has 0 aromatic carbocycles. The number of aryl methyl sites for hydroxylation is 1. The minimum absolute atomic E-state index is 0.652. The summed E-state index contributed by atoms with van der Waals surface area (Å²) in [5.74, 6) is 0.952. The van der Waals surface area contributed by atoms with Gasteiger partial charge in [0.1, 0.15) is 11.4 Å². The molecule has 0 amide bonds. The van der Waals surface area contributed by atoms with Gasteiger partial charge in [-0.05, 0) is 38.5 Å². The van der Waals surface area contributed by atoms with Gasteiger partial charge in [-0.2, -0.15) is 0 Å². The van der Waals surface area contributed by atoms with Gasteiger partial charge in [0.15, 0.2) is 0 Å². The van der Waals surface area contributed by atoms with E-state index < -0.39 is 0 Å². The molecule has 0 radical (unpaired) electrons. The van der Waals surface area contributed by atoms with Crippen molar-refractivity contribution in [3.05, 3.63) is 11.4 Å². The molecule has 4 heteroatoms. The Balaban J connectivity index is 1.73. The van der Waals surface area contributed by atoms with Crippen molar-refractivity contribution in [2.24, 2.45) is 5.92 Å². The van der Waals surface area contributed by atoms with Gasteiger partial charge in [-0.1, -0.05) is 23.7 Å². The Hall–Kier alpha value is -0.900. The van der Waals surface area contributed by atoms with E-state index in [1.165, 1.54) is 32.1 Å². The van der Waals surface area contributed by atoms with Crippen LogP contribution in [0.15, 0.2) is 4.63 Å². The quantitative estimate of drug-likeness (QED) is 0.851. The van der Waals surface area contributed by atoms with Gasteiger partial charge >= 0.3 is 0 Å². The molecular formula is C12H21N3O. The first-order valence-electron chi connectivity index (χ1n) is 6.31. The molecular weight excluding hydrogens is 202 g/mol. The highest BCUT2D eigenvalue weighted by atomic mass is 16.6. The first kappa shape index (κ1) is 11.6. The van der Waals surface area contributed by atoms with Crippen LogP contribution in [0.2, 0.25) is 0 Å². The largest absolute Gasteiger partial charge is 0.308 e. The van der Waals surface area contributed by atoms with E-state index in [9.17, 15) is 0 Å². The molecule has 4 nitrogen and oxygen atoms in total. The lowest BCUT2D eigenvalue weighted by Crippen LogP contribution is -2.32. The molecule has 0 atom stereocenters. The standard InChI is InChI=1S/C12H21N3O/c1-3-10-4-6-11(7-5-10)13-8-12-9(2)14-16-15-12/h10-11,13H,3-8H2,1-2H3. The Morgan fingerprint density at radius 2 is 2.00 bits per heavy atom. The molecule has 1 N–H and O–H groups in total. The van der Waals surface area contributed by atoms with Crippen LogP contribution in [-0.2, 0) is 6.54 Å². The van der Waals surface area contributed by atoms with Crippen LogP contribution in [0.4, 0.5) is 0 Å². The van der Waals surface area contributed by atoms with Crippen molar-refractivity contribution < 1.29 is 4.63 Å². The molecule has 0 saturated heterocycles. The molecule has 0 spiro atoms. The van der Waals surface area contributed by atoms with Crippen molar-refractivity contribution in [1.29, 1.82) is 0 Å². The first-order valence-corrected chi connectivity index (χ1v) is 6.31. The van der Waals surface area contributed by atoms with Crippen molar-refractivity contribution in [2.45, 2.75) is 58.5 Å². The highest BCUT2D eigenvalue weighted by molar-refractivity contribution is 5.04. The van der Waals surface area contributed by atoms with Crippen LogP contribution in [0.25, 0.3) is 0 Å². The van der Waals surface area contributed by atoms with Gasteiger partial charge in [-0.25, -0.2) is 4.63 Å². The Labute approximate surface area is 96.8 Å². The average Bonchev–Trinajstić information content (AvgIpc) is 2.73. The molecule has 0 bridgehead atoms. The number of hydrogen-bond donors (Lipinski definition) is 1. The van der Waals surface area contributed by atoms with Crippen LogP contribution in [0, 0.1) is 12.8 Å². The number of nitrogens with zero attached hydrogens (tertiary/aromatic N) is 2. The monoisotopic (exact) mass is 223 g/mol. The summed E-state index contributed by atoms with van der Waals surface area (Å²) in [6.45, 7) is 5.02. The lowest BCUT2D eigenvalue weighted by Gasteiger charge is -2.28. The van der Waals surface area contributed by atoms with E-state index in [0.29, 0.717) is 6.04 Å². The molecule has 1 aromatic heterocycles. The smallest absolute Gasteiger partial charge is 0.121 e. The van der Waals surface area contributed by atoms with E-state index >= 15 is 0 Å². The third kappa shape index (κ3) is 2.82. The van der Waals surface area contributed by atoms with Crippen LogP contribution in [0.5, 0.6) is 0 Å². The van der Waals surface area contributed by atoms with Gasteiger partial charge in [0.05, 0.1) is 0 Å². The Morgan fingerprint density at radius 3 is 2.56 bits per heavy atom. The molecule has 1 heterocycles. The molecule has 2 rings (SSSR count). The summed E-state index contributed by atoms with van der Waals surface area (Å²) in [4.78, 5) is 0. The molecule has 1 saturated carbocycles. The van der Waals surface area contributed by atoms with Gasteiger partial charge in [-0.3, -0.25) is 0 Å². The Morgan fingerprint density at radius 1 is 1.25 bits per heavy atom. The molecule has 1 fully saturated rings. The van der Waals surface area contributed by atoms with Crippen LogP contribution in [-0.4, -0.2) is 16.4 Å². The SMILES string of the molecule is CCC1CCC(NCc2nonc2C)CC1. The highest BCUT2D eigenvalue weighted by Crippen LogP contribution is 2.26. The molecule has 1 aromatic rings. The zero-order valence-corrected chi connectivity index (χ0v) is 10.2. The number of rotatable bonds is 4. The predicted octanol–water partition coefficient (Wildman–Crippen LogP) is 2.44. The van der Waals surface area contributed by atoms with Gasteiger partial charge in [0, 0.05) is 12.6 Å². The molecule has 1 aliphatic carbocycles. The van der Waals surface area contributed by atoms with E-state index in [-0.39, 0.29) is 0 Å². The lowest BCUT2D eigenvalue weighted by atomic mass is 9.84. The summed E-state index contributed by atoms with van der Waals surface area (Å²) < 4.78 is 4.68. The summed E-state index contributed by atoms with van der Waals surface area (Å²) in [6.07, 6.45) is 6.65. The fraction of sp³-hybridized carbons (Fsp3) is 0.833. The first-order chi connectivity index (χ1) is 7.79. The second-order valence-corrected chi connectivity index (χ2v) is 4.80. The number of aromatic nitrogens is 2.